The molecule has 3 nitrogen and oxygen atoms in total. The molecule has 0 aliphatic rings. The van der Waals surface area contributed by atoms with Crippen molar-refractivity contribution in [2.45, 2.75) is 29.9 Å². The van der Waals surface area contributed by atoms with Crippen LogP contribution in [0.3, 0.4) is 0 Å². The molecule has 1 N–H and O–H groups in total. The average Bonchev–Trinajstić information content (AvgIpc) is 2.42. The zero-order valence-electron chi connectivity index (χ0n) is 10.5. The van der Waals surface area contributed by atoms with Gasteiger partial charge in [0, 0.05) is 29.4 Å². The van der Waals surface area contributed by atoms with Gasteiger partial charge in [-0.1, -0.05) is 25.1 Å². The Labute approximate surface area is 112 Å². The molecule has 0 bridgehead atoms. The van der Waals surface area contributed by atoms with Crippen molar-refractivity contribution in [3.63, 3.8) is 0 Å². The van der Waals surface area contributed by atoms with E-state index in [1.165, 1.54) is 0 Å². The molecule has 0 spiro atoms. The molecule has 0 aliphatic carbocycles. The number of hydrogen-bond acceptors (Lipinski definition) is 4. The van der Waals surface area contributed by atoms with Crippen molar-refractivity contribution >= 4 is 11.8 Å². The molecule has 94 valence electrons. The minimum atomic E-state index is 0.792. The van der Waals surface area contributed by atoms with Crippen molar-refractivity contribution in [3.05, 3.63) is 48.3 Å². The summed E-state index contributed by atoms with van der Waals surface area (Å²) in [5.74, 6) is 0. The molecule has 0 amide bonds. The fraction of sp³-hybridized carbons (Fsp3) is 0.286. The fourth-order valence-electron chi connectivity index (χ4n) is 1.49. The molecule has 0 atom stereocenters. The van der Waals surface area contributed by atoms with Crippen LogP contribution in [0, 0.1) is 0 Å². The monoisotopic (exact) mass is 259 g/mol. The highest BCUT2D eigenvalue weighted by Gasteiger charge is 2.00. The van der Waals surface area contributed by atoms with Crippen LogP contribution in [0.5, 0.6) is 0 Å². The Balaban J connectivity index is 1.91. The lowest BCUT2D eigenvalue weighted by Crippen LogP contribution is -2.14. The SMILES string of the molecule is CCCNCc1cnc(Sc2ccccc2)nc1. The molecular formula is C14H17N3S. The van der Waals surface area contributed by atoms with E-state index in [0.717, 1.165) is 35.1 Å². The van der Waals surface area contributed by atoms with E-state index in [-0.39, 0.29) is 0 Å². The van der Waals surface area contributed by atoms with Gasteiger partial charge >= 0.3 is 0 Å². The number of benzene rings is 1. The van der Waals surface area contributed by atoms with E-state index in [1.54, 1.807) is 11.8 Å². The summed E-state index contributed by atoms with van der Waals surface area (Å²) in [5.41, 5.74) is 1.13. The normalized spacial score (nSPS) is 10.5. The van der Waals surface area contributed by atoms with Gasteiger partial charge in [0.05, 0.1) is 0 Å². The first-order chi connectivity index (χ1) is 8.88. The Morgan fingerprint density at radius 2 is 1.83 bits per heavy atom. The van der Waals surface area contributed by atoms with Gasteiger partial charge in [-0.25, -0.2) is 9.97 Å². The number of nitrogens with zero attached hydrogens (tertiary/aromatic N) is 2. The van der Waals surface area contributed by atoms with Gasteiger partial charge in [0.15, 0.2) is 5.16 Å². The quantitative estimate of drug-likeness (QED) is 0.639. The van der Waals surface area contributed by atoms with Gasteiger partial charge in [-0.2, -0.15) is 0 Å². The minimum Gasteiger partial charge on any atom is -0.313 e. The van der Waals surface area contributed by atoms with Gasteiger partial charge < -0.3 is 5.32 Å². The third-order valence-corrected chi connectivity index (χ3v) is 3.29. The third kappa shape index (κ3) is 4.13. The van der Waals surface area contributed by atoms with Crippen molar-refractivity contribution in [2.24, 2.45) is 0 Å². The van der Waals surface area contributed by atoms with Gasteiger partial charge in [0.25, 0.3) is 0 Å². The van der Waals surface area contributed by atoms with E-state index in [1.807, 2.05) is 30.6 Å². The molecule has 0 fully saturated rings. The lowest BCUT2D eigenvalue weighted by Gasteiger charge is -2.03. The summed E-state index contributed by atoms with van der Waals surface area (Å²) in [6.45, 7) is 4.02. The molecule has 0 saturated carbocycles. The Bertz CT molecular complexity index is 456. The van der Waals surface area contributed by atoms with Crippen LogP contribution in [0.4, 0.5) is 0 Å². The molecule has 2 rings (SSSR count). The Morgan fingerprint density at radius 1 is 1.11 bits per heavy atom. The maximum Gasteiger partial charge on any atom is 0.192 e. The second-order valence-electron chi connectivity index (χ2n) is 3.97. The summed E-state index contributed by atoms with van der Waals surface area (Å²) in [7, 11) is 0. The summed E-state index contributed by atoms with van der Waals surface area (Å²) in [5, 5.41) is 4.13. The predicted molar refractivity (Wildman–Crippen MR) is 74.6 cm³/mol. The Morgan fingerprint density at radius 3 is 2.50 bits per heavy atom. The molecular weight excluding hydrogens is 242 g/mol. The molecule has 18 heavy (non-hydrogen) atoms. The molecule has 0 saturated heterocycles. The maximum atomic E-state index is 4.36. The van der Waals surface area contributed by atoms with Gasteiger partial charge in [-0.05, 0) is 36.9 Å². The van der Waals surface area contributed by atoms with Crippen LogP contribution in [0.25, 0.3) is 0 Å². The van der Waals surface area contributed by atoms with E-state index in [9.17, 15) is 0 Å². The summed E-state index contributed by atoms with van der Waals surface area (Å²) in [4.78, 5) is 9.89. The van der Waals surface area contributed by atoms with E-state index in [4.69, 9.17) is 0 Å². The molecule has 0 unspecified atom stereocenters. The van der Waals surface area contributed by atoms with Crippen LogP contribution in [0.15, 0.2) is 52.8 Å². The summed E-state index contributed by atoms with van der Waals surface area (Å²) < 4.78 is 0. The molecule has 0 radical (unpaired) electrons. The predicted octanol–water partition coefficient (Wildman–Crippen LogP) is 3.13. The molecule has 4 heteroatoms. The summed E-state index contributed by atoms with van der Waals surface area (Å²) in [6.07, 6.45) is 4.92. The smallest absolute Gasteiger partial charge is 0.192 e. The second kappa shape index (κ2) is 7.13. The lowest BCUT2D eigenvalue weighted by atomic mass is 10.3. The molecule has 1 aromatic heterocycles. The fourth-order valence-corrected chi connectivity index (χ4v) is 2.21. The van der Waals surface area contributed by atoms with Crippen LogP contribution < -0.4 is 5.32 Å². The van der Waals surface area contributed by atoms with Crippen molar-refractivity contribution in [1.82, 2.24) is 15.3 Å². The minimum absolute atomic E-state index is 0.792. The van der Waals surface area contributed by atoms with Crippen molar-refractivity contribution < 1.29 is 0 Å². The average molecular weight is 259 g/mol. The van der Waals surface area contributed by atoms with Gasteiger partial charge in [0.1, 0.15) is 0 Å². The maximum absolute atomic E-state index is 4.36. The Hall–Kier alpha value is -1.39. The standard InChI is InChI=1S/C14H17N3S/c1-2-8-15-9-12-10-16-14(17-11-12)18-13-6-4-3-5-7-13/h3-7,10-11,15H,2,8-9H2,1H3. The van der Waals surface area contributed by atoms with Gasteiger partial charge in [-0.3, -0.25) is 0 Å². The zero-order valence-corrected chi connectivity index (χ0v) is 11.3. The van der Waals surface area contributed by atoms with E-state index < -0.39 is 0 Å². The Kier molecular flexibility index (Phi) is 5.17. The number of aromatic nitrogens is 2. The highest BCUT2D eigenvalue weighted by atomic mass is 32.2. The highest BCUT2D eigenvalue weighted by molar-refractivity contribution is 7.99. The van der Waals surface area contributed by atoms with Crippen molar-refractivity contribution in [3.8, 4) is 0 Å². The number of rotatable bonds is 6. The lowest BCUT2D eigenvalue weighted by molar-refractivity contribution is 0.669. The second-order valence-corrected chi connectivity index (χ2v) is 5.01. The number of nitrogens with one attached hydrogen (secondary N) is 1. The zero-order chi connectivity index (χ0) is 12.6. The first-order valence-electron chi connectivity index (χ1n) is 6.13. The first-order valence-corrected chi connectivity index (χ1v) is 6.94. The van der Waals surface area contributed by atoms with Crippen molar-refractivity contribution in [1.29, 1.82) is 0 Å². The molecule has 1 aromatic carbocycles. The molecule has 0 aliphatic heterocycles. The van der Waals surface area contributed by atoms with Crippen molar-refractivity contribution in [2.75, 3.05) is 6.54 Å². The first kappa shape index (κ1) is 13.1. The summed E-state index contributed by atoms with van der Waals surface area (Å²) in [6, 6.07) is 10.2. The van der Waals surface area contributed by atoms with Crippen LogP contribution in [0.1, 0.15) is 18.9 Å². The van der Waals surface area contributed by atoms with Crippen LogP contribution in [-0.4, -0.2) is 16.5 Å². The number of hydrogen-bond donors (Lipinski definition) is 1. The third-order valence-electron chi connectivity index (χ3n) is 2.39. The van der Waals surface area contributed by atoms with E-state index in [0.29, 0.717) is 0 Å². The molecule has 1 heterocycles. The largest absolute Gasteiger partial charge is 0.313 e. The van der Waals surface area contributed by atoms with E-state index in [2.05, 4.69) is 34.3 Å². The van der Waals surface area contributed by atoms with Gasteiger partial charge in [-0.15, -0.1) is 0 Å². The molecule has 2 aromatic rings. The summed E-state index contributed by atoms with van der Waals surface area (Å²) >= 11 is 1.58. The highest BCUT2D eigenvalue weighted by Crippen LogP contribution is 2.23. The van der Waals surface area contributed by atoms with Crippen LogP contribution >= 0.6 is 11.8 Å². The topological polar surface area (TPSA) is 37.8 Å². The van der Waals surface area contributed by atoms with E-state index >= 15 is 0 Å². The van der Waals surface area contributed by atoms with Gasteiger partial charge in [0.2, 0.25) is 0 Å². The van der Waals surface area contributed by atoms with Crippen LogP contribution in [-0.2, 0) is 6.54 Å². The van der Waals surface area contributed by atoms with Crippen LogP contribution in [0.2, 0.25) is 0 Å².